The van der Waals surface area contributed by atoms with Crippen LogP contribution in [0.3, 0.4) is 0 Å². The van der Waals surface area contributed by atoms with Crippen molar-refractivity contribution in [2.24, 2.45) is 5.90 Å². The van der Waals surface area contributed by atoms with Gasteiger partial charge in [-0.1, -0.05) is 18.2 Å². The molecule has 0 atom stereocenters. The maximum atomic E-state index is 12.5. The topological polar surface area (TPSA) is 111 Å². The summed E-state index contributed by atoms with van der Waals surface area (Å²) in [6.07, 6.45) is 1.55. The Labute approximate surface area is 122 Å². The van der Waals surface area contributed by atoms with Crippen molar-refractivity contribution in [3.8, 4) is 0 Å². The average molecular weight is 305 g/mol. The zero-order valence-corrected chi connectivity index (χ0v) is 11.9. The first kappa shape index (κ1) is 15.0. The largest absolute Gasteiger partial charge is 0.399 e. The van der Waals surface area contributed by atoms with Gasteiger partial charge >= 0.3 is 0 Å². The molecule has 0 spiro atoms. The van der Waals surface area contributed by atoms with Crippen molar-refractivity contribution in [1.29, 1.82) is 0 Å². The Kier molecular flexibility index (Phi) is 4.27. The molecule has 0 saturated heterocycles. The van der Waals surface area contributed by atoms with Gasteiger partial charge in [0.15, 0.2) is 0 Å². The van der Waals surface area contributed by atoms with Crippen molar-refractivity contribution >= 4 is 26.6 Å². The lowest BCUT2D eigenvalue weighted by molar-refractivity contribution is 0.311. The van der Waals surface area contributed by atoms with E-state index < -0.39 is 10.0 Å². The van der Waals surface area contributed by atoms with Crippen molar-refractivity contribution < 1.29 is 13.6 Å². The molecule has 3 aromatic rings. The minimum absolute atomic E-state index is 0.268. The Morgan fingerprint density at radius 2 is 1.62 bits per heavy atom. The van der Waals surface area contributed by atoms with E-state index in [9.17, 15) is 8.42 Å². The molecule has 1 heterocycles. The van der Waals surface area contributed by atoms with Gasteiger partial charge in [0.05, 0.1) is 10.4 Å². The summed E-state index contributed by atoms with van der Waals surface area (Å²) in [5.74, 6) is 3.50. The van der Waals surface area contributed by atoms with Crippen molar-refractivity contribution in [2.45, 2.75) is 4.90 Å². The van der Waals surface area contributed by atoms with Gasteiger partial charge in [-0.25, -0.2) is 18.3 Å². The first-order valence-electron chi connectivity index (χ1n) is 6.02. The molecule has 3 rings (SSSR count). The Bertz CT molecular complexity index is 842. The van der Waals surface area contributed by atoms with Crippen LogP contribution >= 0.6 is 0 Å². The van der Waals surface area contributed by atoms with Crippen LogP contribution in [0, 0.1) is 0 Å². The van der Waals surface area contributed by atoms with Gasteiger partial charge in [-0.05, 0) is 36.4 Å². The third kappa shape index (κ3) is 2.75. The van der Waals surface area contributed by atoms with Crippen molar-refractivity contribution in [3.05, 3.63) is 60.8 Å². The predicted molar refractivity (Wildman–Crippen MR) is 81.4 cm³/mol. The van der Waals surface area contributed by atoms with Crippen LogP contribution in [-0.4, -0.2) is 17.6 Å². The molecule has 5 N–H and O–H groups in total. The monoisotopic (exact) mass is 305 g/mol. The number of hydrogen-bond donors (Lipinski definition) is 3. The summed E-state index contributed by atoms with van der Waals surface area (Å²) in [7, 11) is -3.56. The number of nitrogens with two attached hydrogens (primary N) is 2. The van der Waals surface area contributed by atoms with Crippen molar-refractivity contribution in [2.75, 3.05) is 5.73 Å². The van der Waals surface area contributed by atoms with Crippen LogP contribution in [-0.2, 0) is 10.0 Å². The number of anilines is 1. The molecule has 1 aromatic heterocycles. The minimum atomic E-state index is -3.56. The molecule has 110 valence electrons. The lowest BCUT2D eigenvalue weighted by Gasteiger charge is -2.07. The number of nitrogen functional groups attached to an aromatic ring is 1. The fraction of sp³-hybridized carbons (Fsp3) is 0. The van der Waals surface area contributed by atoms with E-state index in [-0.39, 0.29) is 4.90 Å². The molecular formula is C14H15N3O3S. The molecule has 21 heavy (non-hydrogen) atoms. The summed E-state index contributed by atoms with van der Waals surface area (Å²) in [5, 5.41) is 7.31. The molecule has 0 aliphatic heterocycles. The fourth-order valence-electron chi connectivity index (χ4n) is 2.05. The number of hydrogen-bond acceptors (Lipinski definition) is 5. The first-order valence-corrected chi connectivity index (χ1v) is 7.46. The Morgan fingerprint density at radius 1 is 0.952 bits per heavy atom. The molecular weight excluding hydrogens is 290 g/mol. The summed E-state index contributed by atoms with van der Waals surface area (Å²) in [6, 6.07) is 15.3. The molecule has 2 aromatic carbocycles. The summed E-state index contributed by atoms with van der Waals surface area (Å²) in [4.78, 5) is 0.268. The van der Waals surface area contributed by atoms with Gasteiger partial charge in [-0.2, -0.15) is 0 Å². The minimum Gasteiger partial charge on any atom is -0.399 e. The highest BCUT2D eigenvalue weighted by molar-refractivity contribution is 7.90. The van der Waals surface area contributed by atoms with Crippen LogP contribution in [0.4, 0.5) is 5.69 Å². The molecule has 0 saturated carbocycles. The standard InChI is InChI=1S/C14H12N2O2S.H3NO/c15-12-6-7-14-11(10-12)8-9-16(14)19(17,18)13-4-2-1-3-5-13;1-2/h1-10H,15H2;2H,1H2. The van der Waals surface area contributed by atoms with E-state index in [1.165, 1.54) is 3.97 Å². The van der Waals surface area contributed by atoms with Gasteiger partial charge in [0.2, 0.25) is 0 Å². The summed E-state index contributed by atoms with van der Waals surface area (Å²) in [6.45, 7) is 0. The highest BCUT2D eigenvalue weighted by Gasteiger charge is 2.18. The van der Waals surface area contributed by atoms with E-state index in [0.717, 1.165) is 5.39 Å². The lowest BCUT2D eigenvalue weighted by Crippen LogP contribution is -2.11. The van der Waals surface area contributed by atoms with Crippen LogP contribution in [0.15, 0.2) is 65.7 Å². The molecule has 6 nitrogen and oxygen atoms in total. The summed E-state index contributed by atoms with van der Waals surface area (Å²) in [5.41, 5.74) is 6.93. The SMILES string of the molecule is NO.Nc1ccc2c(ccn2S(=O)(=O)c2ccccc2)c1. The highest BCUT2D eigenvalue weighted by atomic mass is 32.2. The second kappa shape index (κ2) is 5.96. The van der Waals surface area contributed by atoms with Gasteiger partial charge in [0.1, 0.15) is 0 Å². The number of rotatable bonds is 2. The summed E-state index contributed by atoms with van der Waals surface area (Å²) < 4.78 is 26.3. The fourth-order valence-corrected chi connectivity index (χ4v) is 3.43. The normalized spacial score (nSPS) is 11.0. The molecule has 0 radical (unpaired) electrons. The molecule has 0 aliphatic rings. The first-order chi connectivity index (χ1) is 10.1. The van der Waals surface area contributed by atoms with Crippen molar-refractivity contribution in [3.63, 3.8) is 0 Å². The third-order valence-corrected chi connectivity index (χ3v) is 4.68. The molecule has 0 unspecified atom stereocenters. The maximum Gasteiger partial charge on any atom is 0.268 e. The smallest absolute Gasteiger partial charge is 0.268 e. The average Bonchev–Trinajstić information content (AvgIpc) is 2.94. The number of nitrogens with zero attached hydrogens (tertiary/aromatic N) is 1. The van der Waals surface area contributed by atoms with Crippen LogP contribution < -0.4 is 11.6 Å². The van der Waals surface area contributed by atoms with Crippen LogP contribution in [0.5, 0.6) is 0 Å². The van der Waals surface area contributed by atoms with Gasteiger partial charge in [0, 0.05) is 17.3 Å². The van der Waals surface area contributed by atoms with E-state index in [1.54, 1.807) is 60.8 Å². The second-order valence-electron chi connectivity index (χ2n) is 4.25. The van der Waals surface area contributed by atoms with E-state index in [2.05, 4.69) is 5.90 Å². The quantitative estimate of drug-likeness (QED) is 0.494. The predicted octanol–water partition coefficient (Wildman–Crippen LogP) is 1.79. The maximum absolute atomic E-state index is 12.5. The van der Waals surface area contributed by atoms with E-state index in [4.69, 9.17) is 10.9 Å². The van der Waals surface area contributed by atoms with E-state index in [0.29, 0.717) is 11.2 Å². The van der Waals surface area contributed by atoms with E-state index >= 15 is 0 Å². The van der Waals surface area contributed by atoms with Gasteiger partial charge in [-0.15, -0.1) is 0 Å². The lowest BCUT2D eigenvalue weighted by atomic mass is 10.2. The molecule has 0 amide bonds. The Morgan fingerprint density at radius 3 is 2.29 bits per heavy atom. The van der Waals surface area contributed by atoms with Gasteiger partial charge in [-0.3, -0.25) is 0 Å². The van der Waals surface area contributed by atoms with Crippen LogP contribution in [0.1, 0.15) is 0 Å². The van der Waals surface area contributed by atoms with Gasteiger partial charge < -0.3 is 10.9 Å². The number of aromatic nitrogens is 1. The van der Waals surface area contributed by atoms with E-state index in [1.807, 2.05) is 0 Å². The van der Waals surface area contributed by atoms with Crippen molar-refractivity contribution in [1.82, 2.24) is 3.97 Å². The highest BCUT2D eigenvalue weighted by Crippen LogP contribution is 2.23. The second-order valence-corrected chi connectivity index (χ2v) is 6.06. The van der Waals surface area contributed by atoms with Gasteiger partial charge in [0.25, 0.3) is 10.0 Å². The van der Waals surface area contributed by atoms with Crippen LogP contribution in [0.25, 0.3) is 10.9 Å². The zero-order chi connectivity index (χ0) is 15.5. The molecule has 7 heteroatoms. The summed E-state index contributed by atoms with van der Waals surface area (Å²) >= 11 is 0. The number of fused-ring (bicyclic) bond motifs is 1. The molecule has 0 fully saturated rings. The number of benzene rings is 2. The Balaban J connectivity index is 0.000000774. The third-order valence-electron chi connectivity index (χ3n) is 2.98. The van der Waals surface area contributed by atoms with Crippen LogP contribution in [0.2, 0.25) is 0 Å². The molecule has 0 bridgehead atoms. The zero-order valence-electron chi connectivity index (χ0n) is 11.0. The molecule has 0 aliphatic carbocycles. The Hall–Kier alpha value is -2.35.